The van der Waals surface area contributed by atoms with E-state index >= 15 is 0 Å². The summed E-state index contributed by atoms with van der Waals surface area (Å²) in [6, 6.07) is 8.28. The number of hydrogen-bond acceptors (Lipinski definition) is 2. The maximum atomic E-state index is 5.85. The molecular formula is C13H14O2. The van der Waals surface area contributed by atoms with E-state index in [4.69, 9.17) is 9.47 Å². The Labute approximate surface area is 89.5 Å². The molecular weight excluding hydrogens is 188 g/mol. The fraction of sp³-hybridized carbons (Fsp3) is 0.385. The first-order valence-electron chi connectivity index (χ1n) is 5.38. The lowest BCUT2D eigenvalue weighted by Crippen LogP contribution is -2.36. The van der Waals surface area contributed by atoms with Crippen molar-refractivity contribution < 1.29 is 9.47 Å². The lowest BCUT2D eigenvalue weighted by Gasteiger charge is -2.36. The van der Waals surface area contributed by atoms with Gasteiger partial charge in [0.2, 0.25) is 5.79 Å². The van der Waals surface area contributed by atoms with E-state index < -0.39 is 5.79 Å². The molecule has 1 aliphatic heterocycles. The fourth-order valence-corrected chi connectivity index (χ4v) is 2.43. The first-order chi connectivity index (χ1) is 7.33. The first-order valence-corrected chi connectivity index (χ1v) is 5.38. The summed E-state index contributed by atoms with van der Waals surface area (Å²) in [7, 11) is 0. The molecule has 1 aliphatic carbocycles. The van der Waals surface area contributed by atoms with Gasteiger partial charge in [-0.25, -0.2) is 0 Å². The highest BCUT2D eigenvalue weighted by Gasteiger charge is 2.45. The van der Waals surface area contributed by atoms with Gasteiger partial charge in [0.05, 0.1) is 13.2 Å². The molecule has 1 spiro atoms. The van der Waals surface area contributed by atoms with Crippen LogP contribution in [0.5, 0.6) is 0 Å². The molecule has 1 fully saturated rings. The van der Waals surface area contributed by atoms with Gasteiger partial charge in [0.15, 0.2) is 0 Å². The smallest absolute Gasteiger partial charge is 0.201 e. The molecule has 0 bridgehead atoms. The third-order valence-corrected chi connectivity index (χ3v) is 3.22. The van der Waals surface area contributed by atoms with E-state index in [1.54, 1.807) is 0 Å². The SMILES string of the molecule is CC1C=Cc2ccccc2C12OCCO2. The maximum Gasteiger partial charge on any atom is 0.201 e. The highest BCUT2D eigenvalue weighted by atomic mass is 16.7. The van der Waals surface area contributed by atoms with Gasteiger partial charge in [-0.2, -0.15) is 0 Å². The van der Waals surface area contributed by atoms with Crippen LogP contribution >= 0.6 is 0 Å². The van der Waals surface area contributed by atoms with Gasteiger partial charge >= 0.3 is 0 Å². The number of rotatable bonds is 0. The molecule has 3 rings (SSSR count). The summed E-state index contributed by atoms with van der Waals surface area (Å²) in [5, 5.41) is 0. The van der Waals surface area contributed by atoms with Crippen molar-refractivity contribution in [1.29, 1.82) is 0 Å². The van der Waals surface area contributed by atoms with Crippen LogP contribution in [0.2, 0.25) is 0 Å². The van der Waals surface area contributed by atoms with Gasteiger partial charge in [0.1, 0.15) is 0 Å². The highest BCUT2D eigenvalue weighted by Crippen LogP contribution is 2.43. The van der Waals surface area contributed by atoms with Crippen LogP contribution in [-0.2, 0) is 15.3 Å². The van der Waals surface area contributed by atoms with E-state index in [1.807, 2.05) is 12.1 Å². The Bertz CT molecular complexity index is 403. The van der Waals surface area contributed by atoms with E-state index in [0.29, 0.717) is 13.2 Å². The van der Waals surface area contributed by atoms with Gasteiger partial charge in [-0.15, -0.1) is 0 Å². The van der Waals surface area contributed by atoms with E-state index in [9.17, 15) is 0 Å². The summed E-state index contributed by atoms with van der Waals surface area (Å²) in [6.07, 6.45) is 4.31. The third-order valence-electron chi connectivity index (χ3n) is 3.22. The molecule has 78 valence electrons. The lowest BCUT2D eigenvalue weighted by atomic mass is 9.84. The standard InChI is InChI=1S/C13H14O2/c1-10-6-7-11-4-2-3-5-12(11)13(10)14-8-9-15-13/h2-7,10H,8-9H2,1H3. The minimum Gasteiger partial charge on any atom is -0.343 e. The minimum atomic E-state index is -0.522. The van der Waals surface area contributed by atoms with Crippen LogP contribution in [-0.4, -0.2) is 13.2 Å². The average molecular weight is 202 g/mol. The zero-order chi connectivity index (χ0) is 10.3. The summed E-state index contributed by atoms with van der Waals surface area (Å²) in [4.78, 5) is 0. The normalized spacial score (nSPS) is 26.9. The van der Waals surface area contributed by atoms with Crippen molar-refractivity contribution in [2.75, 3.05) is 13.2 Å². The topological polar surface area (TPSA) is 18.5 Å². The summed E-state index contributed by atoms with van der Waals surface area (Å²) >= 11 is 0. The zero-order valence-corrected chi connectivity index (χ0v) is 8.77. The molecule has 0 N–H and O–H groups in total. The molecule has 1 atom stereocenters. The van der Waals surface area contributed by atoms with Crippen LogP contribution in [0.25, 0.3) is 6.08 Å². The molecule has 0 amide bonds. The van der Waals surface area contributed by atoms with Crippen molar-refractivity contribution in [2.24, 2.45) is 5.92 Å². The van der Waals surface area contributed by atoms with Crippen molar-refractivity contribution in [3.8, 4) is 0 Å². The predicted molar refractivity (Wildman–Crippen MR) is 58.2 cm³/mol. The Hall–Kier alpha value is -1.12. The van der Waals surface area contributed by atoms with Gasteiger partial charge in [0, 0.05) is 11.5 Å². The highest BCUT2D eigenvalue weighted by molar-refractivity contribution is 5.58. The maximum absolute atomic E-state index is 5.85. The van der Waals surface area contributed by atoms with Gasteiger partial charge < -0.3 is 9.47 Å². The zero-order valence-electron chi connectivity index (χ0n) is 8.77. The second-order valence-corrected chi connectivity index (χ2v) is 4.10. The molecule has 2 aliphatic rings. The molecule has 15 heavy (non-hydrogen) atoms. The second-order valence-electron chi connectivity index (χ2n) is 4.10. The van der Waals surface area contributed by atoms with Gasteiger partial charge in [0.25, 0.3) is 0 Å². The van der Waals surface area contributed by atoms with Crippen LogP contribution in [0.1, 0.15) is 18.1 Å². The summed E-state index contributed by atoms with van der Waals surface area (Å²) in [5.41, 5.74) is 2.37. The molecule has 1 unspecified atom stereocenters. The number of fused-ring (bicyclic) bond motifs is 2. The van der Waals surface area contributed by atoms with Crippen LogP contribution in [0, 0.1) is 5.92 Å². The molecule has 1 saturated heterocycles. The van der Waals surface area contributed by atoms with Gasteiger partial charge in [-0.3, -0.25) is 0 Å². The lowest BCUT2D eigenvalue weighted by molar-refractivity contribution is -0.191. The van der Waals surface area contributed by atoms with Crippen LogP contribution in [0.4, 0.5) is 0 Å². The van der Waals surface area contributed by atoms with E-state index in [2.05, 4.69) is 31.2 Å². The third kappa shape index (κ3) is 1.18. The van der Waals surface area contributed by atoms with E-state index in [0.717, 1.165) is 5.56 Å². The molecule has 0 radical (unpaired) electrons. The molecule has 0 aromatic heterocycles. The van der Waals surface area contributed by atoms with E-state index in [1.165, 1.54) is 5.56 Å². The fourth-order valence-electron chi connectivity index (χ4n) is 2.43. The minimum absolute atomic E-state index is 0.273. The van der Waals surface area contributed by atoms with Crippen molar-refractivity contribution >= 4 is 6.08 Å². The molecule has 0 saturated carbocycles. The largest absolute Gasteiger partial charge is 0.343 e. The molecule has 2 nitrogen and oxygen atoms in total. The van der Waals surface area contributed by atoms with Gasteiger partial charge in [-0.1, -0.05) is 43.3 Å². The Balaban J connectivity index is 2.18. The summed E-state index contributed by atoms with van der Waals surface area (Å²) in [6.45, 7) is 3.51. The molecule has 1 heterocycles. The molecule has 1 aromatic rings. The molecule has 1 aromatic carbocycles. The number of benzene rings is 1. The number of hydrogen-bond donors (Lipinski definition) is 0. The van der Waals surface area contributed by atoms with Gasteiger partial charge in [-0.05, 0) is 5.56 Å². The monoisotopic (exact) mass is 202 g/mol. The Morgan fingerprint density at radius 3 is 2.73 bits per heavy atom. The summed E-state index contributed by atoms with van der Waals surface area (Å²) < 4.78 is 11.7. The number of ether oxygens (including phenoxy) is 2. The van der Waals surface area contributed by atoms with Crippen molar-refractivity contribution in [3.63, 3.8) is 0 Å². The Kier molecular flexibility index (Phi) is 1.94. The van der Waals surface area contributed by atoms with E-state index in [-0.39, 0.29) is 5.92 Å². The van der Waals surface area contributed by atoms with Crippen LogP contribution in [0.15, 0.2) is 30.3 Å². The van der Waals surface area contributed by atoms with Crippen molar-refractivity contribution in [1.82, 2.24) is 0 Å². The van der Waals surface area contributed by atoms with Crippen LogP contribution in [0.3, 0.4) is 0 Å². The molecule has 2 heteroatoms. The van der Waals surface area contributed by atoms with Crippen molar-refractivity contribution in [3.05, 3.63) is 41.5 Å². The summed E-state index contributed by atoms with van der Waals surface area (Å²) in [5.74, 6) is -0.249. The van der Waals surface area contributed by atoms with Crippen molar-refractivity contribution in [2.45, 2.75) is 12.7 Å². The quantitative estimate of drug-likeness (QED) is 0.643. The Morgan fingerprint density at radius 2 is 1.93 bits per heavy atom. The average Bonchev–Trinajstić information content (AvgIpc) is 2.75. The first kappa shape index (κ1) is 9.13. The second kappa shape index (κ2) is 3.19. The Morgan fingerprint density at radius 1 is 1.20 bits per heavy atom. The predicted octanol–water partition coefficient (Wildman–Crippen LogP) is 2.55. The van der Waals surface area contributed by atoms with Crippen LogP contribution < -0.4 is 0 Å².